The number of furan rings is 1. The maximum Gasteiger partial charge on any atom is 0.257 e. The van der Waals surface area contributed by atoms with E-state index < -0.39 is 0 Å². The molecule has 180 valence electrons. The molecule has 1 unspecified atom stereocenters. The van der Waals surface area contributed by atoms with Crippen molar-refractivity contribution in [3.63, 3.8) is 0 Å². The van der Waals surface area contributed by atoms with Gasteiger partial charge in [-0.05, 0) is 48.4 Å². The fourth-order valence-electron chi connectivity index (χ4n) is 4.44. The van der Waals surface area contributed by atoms with Crippen LogP contribution in [0.3, 0.4) is 0 Å². The van der Waals surface area contributed by atoms with Crippen LogP contribution in [0, 0.1) is 5.92 Å². The van der Waals surface area contributed by atoms with Gasteiger partial charge in [0.15, 0.2) is 11.5 Å². The minimum absolute atomic E-state index is 0.100. The average Bonchev–Trinajstić information content (AvgIpc) is 3.24. The lowest BCUT2D eigenvalue weighted by Crippen LogP contribution is -2.36. The average molecular weight is 473 g/mol. The van der Waals surface area contributed by atoms with Crippen LogP contribution in [0.15, 0.2) is 77.5 Å². The molecule has 2 aromatic heterocycles. The molecule has 1 amide bonds. The number of carbonyl (C=O) groups is 1. The van der Waals surface area contributed by atoms with Gasteiger partial charge in [0.25, 0.3) is 5.91 Å². The Hall–Kier alpha value is -3.84. The first-order valence-corrected chi connectivity index (χ1v) is 11.7. The SMILES string of the molecule is COc1cccc(C(=O)N2CCOCC(Cc3ccc4ccoc4c3)C2)c1OCc1ccccn1. The Morgan fingerprint density at radius 1 is 1.14 bits per heavy atom. The van der Waals surface area contributed by atoms with Crippen molar-refractivity contribution in [3.8, 4) is 11.5 Å². The number of amides is 1. The molecular formula is C28H28N2O5. The first-order valence-electron chi connectivity index (χ1n) is 11.7. The number of carbonyl (C=O) groups excluding carboxylic acids is 1. The fraction of sp³-hybridized carbons (Fsp3) is 0.286. The molecule has 0 bridgehead atoms. The fourth-order valence-corrected chi connectivity index (χ4v) is 4.44. The van der Waals surface area contributed by atoms with Crippen LogP contribution in [-0.2, 0) is 17.8 Å². The van der Waals surface area contributed by atoms with E-state index in [2.05, 4.69) is 23.2 Å². The molecule has 1 saturated heterocycles. The van der Waals surface area contributed by atoms with E-state index in [1.54, 1.807) is 31.7 Å². The Morgan fingerprint density at radius 2 is 2.09 bits per heavy atom. The molecular weight excluding hydrogens is 444 g/mol. The number of hydrogen-bond acceptors (Lipinski definition) is 6. The van der Waals surface area contributed by atoms with Crippen molar-refractivity contribution in [1.29, 1.82) is 0 Å². The molecule has 0 N–H and O–H groups in total. The molecule has 1 fully saturated rings. The van der Waals surface area contributed by atoms with Crippen LogP contribution in [0.4, 0.5) is 0 Å². The van der Waals surface area contributed by atoms with Crippen LogP contribution < -0.4 is 9.47 Å². The Morgan fingerprint density at radius 3 is 2.94 bits per heavy atom. The van der Waals surface area contributed by atoms with Crippen LogP contribution in [-0.4, -0.2) is 49.2 Å². The van der Waals surface area contributed by atoms with Gasteiger partial charge in [-0.25, -0.2) is 0 Å². The Kier molecular flexibility index (Phi) is 6.95. The van der Waals surface area contributed by atoms with E-state index in [0.29, 0.717) is 43.4 Å². The van der Waals surface area contributed by atoms with Crippen LogP contribution in [0.25, 0.3) is 11.0 Å². The lowest BCUT2D eigenvalue weighted by atomic mass is 9.98. The maximum absolute atomic E-state index is 13.7. The summed E-state index contributed by atoms with van der Waals surface area (Å²) in [5, 5.41) is 1.08. The zero-order chi connectivity index (χ0) is 24.0. The summed E-state index contributed by atoms with van der Waals surface area (Å²) in [6.45, 7) is 2.44. The summed E-state index contributed by atoms with van der Waals surface area (Å²) in [4.78, 5) is 19.9. The molecule has 3 heterocycles. The third kappa shape index (κ3) is 5.30. The summed E-state index contributed by atoms with van der Waals surface area (Å²) in [5.74, 6) is 1.01. The van der Waals surface area contributed by atoms with E-state index in [0.717, 1.165) is 28.6 Å². The van der Waals surface area contributed by atoms with Crippen molar-refractivity contribution in [2.75, 3.05) is 33.4 Å². The zero-order valence-electron chi connectivity index (χ0n) is 19.7. The number of nitrogens with zero attached hydrogens (tertiary/aromatic N) is 2. The molecule has 0 saturated carbocycles. The zero-order valence-corrected chi connectivity index (χ0v) is 19.7. The molecule has 1 atom stereocenters. The summed E-state index contributed by atoms with van der Waals surface area (Å²) in [7, 11) is 1.57. The van der Waals surface area contributed by atoms with Gasteiger partial charge in [0.05, 0.1) is 37.8 Å². The summed E-state index contributed by atoms with van der Waals surface area (Å²) >= 11 is 0. The molecule has 0 aliphatic carbocycles. The van der Waals surface area contributed by atoms with Crippen molar-refractivity contribution in [2.45, 2.75) is 13.0 Å². The van der Waals surface area contributed by atoms with Crippen LogP contribution >= 0.6 is 0 Å². The van der Waals surface area contributed by atoms with Crippen LogP contribution in [0.5, 0.6) is 11.5 Å². The highest BCUT2D eigenvalue weighted by atomic mass is 16.5. The predicted octanol–water partition coefficient (Wildman–Crippen LogP) is 4.75. The predicted molar refractivity (Wildman–Crippen MR) is 132 cm³/mol. The highest BCUT2D eigenvalue weighted by molar-refractivity contribution is 5.98. The van der Waals surface area contributed by atoms with Crippen LogP contribution in [0.2, 0.25) is 0 Å². The van der Waals surface area contributed by atoms with Crippen molar-refractivity contribution in [2.24, 2.45) is 5.92 Å². The van der Waals surface area contributed by atoms with E-state index in [4.69, 9.17) is 18.6 Å². The monoisotopic (exact) mass is 472 g/mol. The molecule has 7 nitrogen and oxygen atoms in total. The number of benzene rings is 2. The standard InChI is InChI=1S/C28H28N2O5/c1-32-25-7-4-6-24(27(25)35-19-23-5-2-3-11-29-23)28(31)30-12-14-33-18-21(17-30)15-20-8-9-22-10-13-34-26(22)16-20/h2-11,13,16,21H,12,14-15,17-19H2,1H3. The maximum atomic E-state index is 13.7. The summed E-state index contributed by atoms with van der Waals surface area (Å²) < 4.78 is 23.0. The molecule has 0 radical (unpaired) electrons. The molecule has 1 aliphatic heterocycles. The first-order chi connectivity index (χ1) is 17.2. The molecule has 5 rings (SSSR count). The topological polar surface area (TPSA) is 74.0 Å². The number of pyridine rings is 1. The van der Waals surface area contributed by atoms with Gasteiger partial charge in [-0.1, -0.05) is 24.3 Å². The Labute approximate surface area is 204 Å². The van der Waals surface area contributed by atoms with Gasteiger partial charge in [-0.3, -0.25) is 9.78 Å². The third-order valence-corrected chi connectivity index (χ3v) is 6.19. The van der Waals surface area contributed by atoms with Crippen molar-refractivity contribution in [3.05, 3.63) is 89.9 Å². The molecule has 0 spiro atoms. The lowest BCUT2D eigenvalue weighted by molar-refractivity contribution is 0.0731. The number of para-hydroxylation sites is 1. The van der Waals surface area contributed by atoms with Gasteiger partial charge in [0, 0.05) is 30.6 Å². The minimum atomic E-state index is -0.100. The van der Waals surface area contributed by atoms with Gasteiger partial charge in [0.2, 0.25) is 0 Å². The molecule has 4 aromatic rings. The summed E-state index contributed by atoms with van der Waals surface area (Å²) in [5.41, 5.74) is 3.28. The van der Waals surface area contributed by atoms with E-state index in [1.807, 2.05) is 35.2 Å². The number of methoxy groups -OCH3 is 1. The van der Waals surface area contributed by atoms with E-state index in [-0.39, 0.29) is 18.4 Å². The minimum Gasteiger partial charge on any atom is -0.493 e. The third-order valence-electron chi connectivity index (χ3n) is 6.19. The van der Waals surface area contributed by atoms with Gasteiger partial charge in [-0.15, -0.1) is 0 Å². The Balaban J connectivity index is 1.34. The van der Waals surface area contributed by atoms with Gasteiger partial charge >= 0.3 is 0 Å². The number of ether oxygens (including phenoxy) is 3. The van der Waals surface area contributed by atoms with Crippen molar-refractivity contribution in [1.82, 2.24) is 9.88 Å². The quantitative estimate of drug-likeness (QED) is 0.387. The van der Waals surface area contributed by atoms with Gasteiger partial charge < -0.3 is 23.5 Å². The smallest absolute Gasteiger partial charge is 0.257 e. The van der Waals surface area contributed by atoms with E-state index >= 15 is 0 Å². The number of rotatable bonds is 7. The lowest BCUT2D eigenvalue weighted by Gasteiger charge is -2.25. The van der Waals surface area contributed by atoms with Gasteiger partial charge in [0.1, 0.15) is 12.2 Å². The highest BCUT2D eigenvalue weighted by Crippen LogP contribution is 2.33. The molecule has 7 heteroatoms. The second-order valence-electron chi connectivity index (χ2n) is 8.64. The highest BCUT2D eigenvalue weighted by Gasteiger charge is 2.27. The molecule has 35 heavy (non-hydrogen) atoms. The van der Waals surface area contributed by atoms with E-state index in [1.165, 1.54) is 0 Å². The van der Waals surface area contributed by atoms with Crippen molar-refractivity contribution < 1.29 is 23.4 Å². The Bertz CT molecular complexity index is 1290. The summed E-state index contributed by atoms with van der Waals surface area (Å²) in [6.07, 6.45) is 4.21. The van der Waals surface area contributed by atoms with Crippen molar-refractivity contribution >= 4 is 16.9 Å². The first kappa shape index (κ1) is 22.9. The number of aromatic nitrogens is 1. The second-order valence-corrected chi connectivity index (χ2v) is 8.64. The summed E-state index contributed by atoms with van der Waals surface area (Å²) in [6, 6.07) is 19.2. The van der Waals surface area contributed by atoms with Gasteiger partial charge in [-0.2, -0.15) is 0 Å². The van der Waals surface area contributed by atoms with E-state index in [9.17, 15) is 4.79 Å². The number of fused-ring (bicyclic) bond motifs is 1. The molecule has 2 aromatic carbocycles. The normalized spacial score (nSPS) is 16.1. The largest absolute Gasteiger partial charge is 0.493 e. The van der Waals surface area contributed by atoms with Crippen LogP contribution in [0.1, 0.15) is 21.6 Å². The number of hydrogen-bond donors (Lipinski definition) is 0. The second kappa shape index (κ2) is 10.6. The molecule has 1 aliphatic rings.